The highest BCUT2D eigenvalue weighted by atomic mass is 16.4. The summed E-state index contributed by atoms with van der Waals surface area (Å²) in [6.45, 7) is 4.35. The lowest BCUT2D eigenvalue weighted by molar-refractivity contribution is 0.0689. The third kappa shape index (κ3) is 3.86. The van der Waals surface area contributed by atoms with E-state index < -0.39 is 5.97 Å². The molecule has 0 fully saturated rings. The molecule has 25 heavy (non-hydrogen) atoms. The molecule has 4 nitrogen and oxygen atoms in total. The number of imidazole rings is 1. The summed E-state index contributed by atoms with van der Waals surface area (Å²) in [7, 11) is 0. The Kier molecular flexibility index (Phi) is 5.09. The summed E-state index contributed by atoms with van der Waals surface area (Å²) in [5, 5.41) is 9.55. The lowest BCUT2D eigenvalue weighted by Gasteiger charge is -2.12. The normalized spacial score (nSPS) is 10.6. The molecule has 0 saturated heterocycles. The fraction of sp³-hybridized carbons (Fsp3) is 0.143. The first-order chi connectivity index (χ1) is 12.2. The SMILES string of the molecule is C=CCc1c(C(=O)O)nc(Cc2ccccc2)n1Cc1ccccc1. The third-order valence-corrected chi connectivity index (χ3v) is 4.08. The molecule has 126 valence electrons. The van der Waals surface area contributed by atoms with Gasteiger partial charge in [-0.15, -0.1) is 6.58 Å². The predicted octanol–water partition coefficient (Wildman–Crippen LogP) is 3.95. The molecule has 1 N–H and O–H groups in total. The second kappa shape index (κ2) is 7.62. The Morgan fingerprint density at radius 1 is 1.04 bits per heavy atom. The molecule has 0 atom stereocenters. The Balaban J connectivity index is 2.06. The third-order valence-electron chi connectivity index (χ3n) is 4.08. The molecular formula is C21H20N2O2. The van der Waals surface area contributed by atoms with Crippen LogP contribution in [-0.4, -0.2) is 20.6 Å². The molecule has 2 aromatic carbocycles. The van der Waals surface area contributed by atoms with Crippen molar-refractivity contribution in [1.29, 1.82) is 0 Å². The fourth-order valence-corrected chi connectivity index (χ4v) is 2.92. The summed E-state index contributed by atoms with van der Waals surface area (Å²) >= 11 is 0. The van der Waals surface area contributed by atoms with E-state index in [1.54, 1.807) is 6.08 Å². The maximum atomic E-state index is 11.7. The van der Waals surface area contributed by atoms with Gasteiger partial charge in [-0.1, -0.05) is 66.7 Å². The van der Waals surface area contributed by atoms with Crippen LogP contribution >= 0.6 is 0 Å². The zero-order chi connectivity index (χ0) is 17.6. The second-order valence-electron chi connectivity index (χ2n) is 5.86. The monoisotopic (exact) mass is 332 g/mol. The van der Waals surface area contributed by atoms with E-state index in [1.165, 1.54) is 0 Å². The zero-order valence-corrected chi connectivity index (χ0v) is 13.9. The van der Waals surface area contributed by atoms with E-state index in [4.69, 9.17) is 0 Å². The van der Waals surface area contributed by atoms with E-state index in [1.807, 2.05) is 65.2 Å². The van der Waals surface area contributed by atoms with Gasteiger partial charge in [-0.25, -0.2) is 9.78 Å². The maximum absolute atomic E-state index is 11.7. The summed E-state index contributed by atoms with van der Waals surface area (Å²) in [6.07, 6.45) is 2.78. The van der Waals surface area contributed by atoms with Crippen LogP contribution < -0.4 is 0 Å². The first-order valence-corrected chi connectivity index (χ1v) is 8.19. The van der Waals surface area contributed by atoms with Crippen molar-refractivity contribution in [3.63, 3.8) is 0 Å². The molecule has 0 saturated carbocycles. The summed E-state index contributed by atoms with van der Waals surface area (Å²) in [5.41, 5.74) is 3.01. The number of nitrogens with zero attached hydrogens (tertiary/aromatic N) is 2. The average Bonchev–Trinajstić information content (AvgIpc) is 2.95. The number of aromatic carboxylic acids is 1. The molecule has 3 aromatic rings. The minimum Gasteiger partial charge on any atom is -0.476 e. The predicted molar refractivity (Wildman–Crippen MR) is 97.9 cm³/mol. The van der Waals surface area contributed by atoms with Crippen LogP contribution in [0.25, 0.3) is 0 Å². The molecule has 0 aliphatic carbocycles. The molecule has 0 amide bonds. The van der Waals surface area contributed by atoms with Crippen LogP contribution in [0.3, 0.4) is 0 Å². The van der Waals surface area contributed by atoms with Crippen LogP contribution in [0.2, 0.25) is 0 Å². The lowest BCUT2D eigenvalue weighted by Crippen LogP contribution is -2.10. The van der Waals surface area contributed by atoms with Gasteiger partial charge >= 0.3 is 5.97 Å². The Morgan fingerprint density at radius 2 is 1.64 bits per heavy atom. The van der Waals surface area contributed by atoms with Gasteiger partial charge in [0.15, 0.2) is 5.69 Å². The first kappa shape index (κ1) is 16.7. The molecule has 4 heteroatoms. The standard InChI is InChI=1S/C21H20N2O2/c1-2-9-18-20(21(24)25)22-19(14-16-10-5-3-6-11-16)23(18)15-17-12-7-4-8-13-17/h2-8,10-13H,1,9,14-15H2,(H,24,25). The molecule has 1 heterocycles. The van der Waals surface area contributed by atoms with E-state index in [0.717, 1.165) is 17.0 Å². The lowest BCUT2D eigenvalue weighted by atomic mass is 10.1. The topological polar surface area (TPSA) is 55.1 Å². The van der Waals surface area contributed by atoms with Crippen LogP contribution in [0.4, 0.5) is 0 Å². The quantitative estimate of drug-likeness (QED) is 0.667. The Bertz CT molecular complexity index is 868. The van der Waals surface area contributed by atoms with Crippen molar-refractivity contribution in [2.24, 2.45) is 0 Å². The van der Waals surface area contributed by atoms with E-state index in [9.17, 15) is 9.90 Å². The number of benzene rings is 2. The molecule has 0 unspecified atom stereocenters. The second-order valence-corrected chi connectivity index (χ2v) is 5.86. The number of hydrogen-bond acceptors (Lipinski definition) is 2. The van der Waals surface area contributed by atoms with Gasteiger partial charge in [0.2, 0.25) is 0 Å². The molecule has 0 bridgehead atoms. The Hall–Kier alpha value is -3.14. The summed E-state index contributed by atoms with van der Waals surface area (Å²) < 4.78 is 2.01. The van der Waals surface area contributed by atoms with Gasteiger partial charge < -0.3 is 9.67 Å². The van der Waals surface area contributed by atoms with Crippen LogP contribution in [0.1, 0.15) is 33.1 Å². The van der Waals surface area contributed by atoms with Crippen molar-refractivity contribution in [2.45, 2.75) is 19.4 Å². The number of hydrogen-bond donors (Lipinski definition) is 1. The molecule has 0 aliphatic rings. The zero-order valence-electron chi connectivity index (χ0n) is 13.9. The average molecular weight is 332 g/mol. The smallest absolute Gasteiger partial charge is 0.356 e. The van der Waals surface area contributed by atoms with Gasteiger partial charge in [-0.05, 0) is 11.1 Å². The van der Waals surface area contributed by atoms with Crippen molar-refractivity contribution in [1.82, 2.24) is 9.55 Å². The van der Waals surface area contributed by atoms with E-state index in [0.29, 0.717) is 25.1 Å². The number of carbonyl (C=O) groups is 1. The minimum absolute atomic E-state index is 0.113. The molecule has 3 rings (SSSR count). The van der Waals surface area contributed by atoms with Gasteiger partial charge in [-0.2, -0.15) is 0 Å². The van der Waals surface area contributed by atoms with Crippen molar-refractivity contribution >= 4 is 5.97 Å². The first-order valence-electron chi connectivity index (χ1n) is 8.19. The highest BCUT2D eigenvalue weighted by Crippen LogP contribution is 2.19. The van der Waals surface area contributed by atoms with Crippen molar-refractivity contribution in [3.8, 4) is 0 Å². The summed E-state index contributed by atoms with van der Waals surface area (Å²) in [6, 6.07) is 20.0. The molecular weight excluding hydrogens is 312 g/mol. The fourth-order valence-electron chi connectivity index (χ4n) is 2.92. The van der Waals surface area contributed by atoms with Gasteiger partial charge in [-0.3, -0.25) is 0 Å². The number of rotatable bonds is 7. The minimum atomic E-state index is -1.00. The molecule has 0 radical (unpaired) electrons. The van der Waals surface area contributed by atoms with Crippen molar-refractivity contribution in [3.05, 3.63) is 102 Å². The van der Waals surface area contributed by atoms with E-state index >= 15 is 0 Å². The van der Waals surface area contributed by atoms with Gasteiger partial charge in [0, 0.05) is 19.4 Å². The molecule has 1 aromatic heterocycles. The summed E-state index contributed by atoms with van der Waals surface area (Å²) in [5.74, 6) is -0.248. The van der Waals surface area contributed by atoms with Crippen LogP contribution in [0.5, 0.6) is 0 Å². The Labute approximate surface area is 147 Å². The van der Waals surface area contributed by atoms with Gasteiger partial charge in [0.1, 0.15) is 5.82 Å². The number of allylic oxidation sites excluding steroid dienone is 1. The Morgan fingerprint density at radius 3 is 2.20 bits per heavy atom. The van der Waals surface area contributed by atoms with Crippen molar-refractivity contribution in [2.75, 3.05) is 0 Å². The van der Waals surface area contributed by atoms with Crippen molar-refractivity contribution < 1.29 is 9.90 Å². The highest BCUT2D eigenvalue weighted by molar-refractivity contribution is 5.87. The van der Waals surface area contributed by atoms with Gasteiger partial charge in [0.05, 0.1) is 5.69 Å². The highest BCUT2D eigenvalue weighted by Gasteiger charge is 2.21. The van der Waals surface area contributed by atoms with E-state index in [-0.39, 0.29) is 5.69 Å². The molecule has 0 aliphatic heterocycles. The molecule has 0 spiro atoms. The van der Waals surface area contributed by atoms with Crippen LogP contribution in [-0.2, 0) is 19.4 Å². The van der Waals surface area contributed by atoms with Crippen LogP contribution in [0.15, 0.2) is 73.3 Å². The number of carboxylic acids is 1. The van der Waals surface area contributed by atoms with Gasteiger partial charge in [0.25, 0.3) is 0 Å². The maximum Gasteiger partial charge on any atom is 0.356 e. The largest absolute Gasteiger partial charge is 0.476 e. The number of aromatic nitrogens is 2. The number of carboxylic acid groups (broad SMARTS) is 1. The van der Waals surface area contributed by atoms with Crippen LogP contribution in [0, 0.1) is 0 Å². The van der Waals surface area contributed by atoms with E-state index in [2.05, 4.69) is 11.6 Å². The summed E-state index contributed by atoms with van der Waals surface area (Å²) in [4.78, 5) is 16.1.